The second kappa shape index (κ2) is 2.94. The Kier molecular flexibility index (Phi) is 1.77. The van der Waals surface area contributed by atoms with Crippen LogP contribution >= 0.6 is 0 Å². The van der Waals surface area contributed by atoms with Gasteiger partial charge in [0.1, 0.15) is 11.6 Å². The fourth-order valence-corrected chi connectivity index (χ4v) is 1.27. The van der Waals surface area contributed by atoms with Crippen LogP contribution in [0, 0.1) is 6.92 Å². The summed E-state index contributed by atoms with van der Waals surface area (Å²) in [6.45, 7) is 1.98. The van der Waals surface area contributed by atoms with Crippen LogP contribution in [-0.2, 0) is 0 Å². The monoisotopic (exact) mass is 174 g/mol. The fourth-order valence-electron chi connectivity index (χ4n) is 1.27. The maximum atomic E-state index is 5.54. The minimum atomic E-state index is 0.535. The number of pyridine rings is 1. The Hall–Kier alpha value is -1.77. The molecule has 13 heavy (non-hydrogen) atoms. The van der Waals surface area contributed by atoms with Gasteiger partial charge in [-0.05, 0) is 30.7 Å². The van der Waals surface area contributed by atoms with Crippen molar-refractivity contribution in [3.05, 3.63) is 36.2 Å². The van der Waals surface area contributed by atoms with Gasteiger partial charge in [-0.1, -0.05) is 0 Å². The van der Waals surface area contributed by atoms with Crippen LogP contribution in [0.3, 0.4) is 0 Å². The number of aromatic nitrogens is 1. The molecule has 0 aliphatic carbocycles. The van der Waals surface area contributed by atoms with Gasteiger partial charge in [-0.3, -0.25) is 0 Å². The molecule has 2 heterocycles. The van der Waals surface area contributed by atoms with Crippen molar-refractivity contribution in [3.63, 3.8) is 0 Å². The standard InChI is InChI=1S/C10H10N2O/c1-7-5-10(11)12-6-8(7)9-3-2-4-13-9/h2-6H,1H3,(H2,11,12). The smallest absolute Gasteiger partial charge is 0.135 e. The highest BCUT2D eigenvalue weighted by Gasteiger charge is 2.04. The largest absolute Gasteiger partial charge is 0.464 e. The summed E-state index contributed by atoms with van der Waals surface area (Å²) in [7, 11) is 0. The van der Waals surface area contributed by atoms with Gasteiger partial charge >= 0.3 is 0 Å². The first kappa shape index (κ1) is 7.86. The molecule has 0 amide bonds. The second-order valence-corrected chi connectivity index (χ2v) is 2.90. The van der Waals surface area contributed by atoms with Crippen LogP contribution in [0.15, 0.2) is 35.1 Å². The maximum absolute atomic E-state index is 5.54. The number of furan rings is 1. The van der Waals surface area contributed by atoms with Crippen LogP contribution in [0.5, 0.6) is 0 Å². The Morgan fingerprint density at radius 1 is 1.46 bits per heavy atom. The Morgan fingerprint density at radius 2 is 2.31 bits per heavy atom. The molecule has 66 valence electrons. The molecule has 0 bridgehead atoms. The molecule has 0 atom stereocenters. The molecule has 0 spiro atoms. The van der Waals surface area contributed by atoms with E-state index in [2.05, 4.69) is 4.98 Å². The van der Waals surface area contributed by atoms with Crippen molar-refractivity contribution in [3.8, 4) is 11.3 Å². The molecule has 3 heteroatoms. The van der Waals surface area contributed by atoms with Gasteiger partial charge in [0, 0.05) is 11.8 Å². The first-order valence-corrected chi connectivity index (χ1v) is 4.03. The van der Waals surface area contributed by atoms with Gasteiger partial charge < -0.3 is 10.2 Å². The quantitative estimate of drug-likeness (QED) is 0.721. The highest BCUT2D eigenvalue weighted by molar-refractivity contribution is 5.62. The number of rotatable bonds is 1. The number of aryl methyl sites for hydroxylation is 1. The molecule has 3 nitrogen and oxygen atoms in total. The Bertz CT molecular complexity index is 407. The second-order valence-electron chi connectivity index (χ2n) is 2.90. The van der Waals surface area contributed by atoms with Crippen molar-refractivity contribution in [1.29, 1.82) is 0 Å². The van der Waals surface area contributed by atoms with Crippen molar-refractivity contribution < 1.29 is 4.42 Å². The minimum Gasteiger partial charge on any atom is -0.464 e. The molecule has 0 aliphatic heterocycles. The van der Waals surface area contributed by atoms with E-state index in [0.29, 0.717) is 5.82 Å². The van der Waals surface area contributed by atoms with E-state index in [0.717, 1.165) is 16.9 Å². The molecule has 0 aromatic carbocycles. The van der Waals surface area contributed by atoms with E-state index in [9.17, 15) is 0 Å². The molecule has 0 fully saturated rings. The van der Waals surface area contributed by atoms with Gasteiger partial charge in [-0.15, -0.1) is 0 Å². The zero-order valence-corrected chi connectivity index (χ0v) is 7.32. The van der Waals surface area contributed by atoms with Crippen LogP contribution in [0.2, 0.25) is 0 Å². The first-order valence-electron chi connectivity index (χ1n) is 4.03. The van der Waals surface area contributed by atoms with Crippen LogP contribution in [-0.4, -0.2) is 4.98 Å². The predicted molar refractivity (Wildman–Crippen MR) is 51.1 cm³/mol. The van der Waals surface area contributed by atoms with E-state index in [4.69, 9.17) is 10.2 Å². The number of anilines is 1. The highest BCUT2D eigenvalue weighted by atomic mass is 16.3. The van der Waals surface area contributed by atoms with Gasteiger partial charge in [0.2, 0.25) is 0 Å². The zero-order valence-electron chi connectivity index (χ0n) is 7.32. The molecule has 2 rings (SSSR count). The summed E-state index contributed by atoms with van der Waals surface area (Å²) in [6.07, 6.45) is 3.37. The molecular formula is C10H10N2O. The summed E-state index contributed by atoms with van der Waals surface area (Å²) in [5, 5.41) is 0. The molecule has 0 radical (unpaired) electrons. The normalized spacial score (nSPS) is 10.2. The zero-order chi connectivity index (χ0) is 9.26. The number of nitrogen functional groups attached to an aromatic ring is 1. The third-order valence-electron chi connectivity index (χ3n) is 1.92. The predicted octanol–water partition coefficient (Wildman–Crippen LogP) is 2.23. The number of hydrogen-bond acceptors (Lipinski definition) is 3. The minimum absolute atomic E-state index is 0.535. The van der Waals surface area contributed by atoms with E-state index < -0.39 is 0 Å². The lowest BCUT2D eigenvalue weighted by molar-refractivity contribution is 0.581. The first-order chi connectivity index (χ1) is 6.27. The molecule has 2 aromatic heterocycles. The number of nitrogens with two attached hydrogens (primary N) is 1. The fraction of sp³-hybridized carbons (Fsp3) is 0.100. The number of nitrogens with zero attached hydrogens (tertiary/aromatic N) is 1. The number of hydrogen-bond donors (Lipinski definition) is 1. The van der Waals surface area contributed by atoms with Crippen LogP contribution < -0.4 is 5.73 Å². The van der Waals surface area contributed by atoms with E-state index in [-0.39, 0.29) is 0 Å². The summed E-state index contributed by atoms with van der Waals surface area (Å²) in [5.74, 6) is 1.36. The third kappa shape index (κ3) is 1.40. The van der Waals surface area contributed by atoms with Crippen molar-refractivity contribution in [1.82, 2.24) is 4.98 Å². The van der Waals surface area contributed by atoms with Gasteiger partial charge in [-0.25, -0.2) is 4.98 Å². The van der Waals surface area contributed by atoms with Gasteiger partial charge in [-0.2, -0.15) is 0 Å². The van der Waals surface area contributed by atoms with Crippen molar-refractivity contribution in [2.45, 2.75) is 6.92 Å². The summed E-state index contributed by atoms with van der Waals surface area (Å²) in [6, 6.07) is 5.59. The summed E-state index contributed by atoms with van der Waals surface area (Å²) in [5.41, 5.74) is 7.60. The SMILES string of the molecule is Cc1cc(N)ncc1-c1ccco1. The topological polar surface area (TPSA) is 52.0 Å². The molecule has 0 saturated heterocycles. The highest BCUT2D eigenvalue weighted by Crippen LogP contribution is 2.23. The van der Waals surface area contributed by atoms with E-state index in [1.807, 2.05) is 25.1 Å². The molecule has 0 aliphatic rings. The summed E-state index contributed by atoms with van der Waals surface area (Å²) in [4.78, 5) is 4.01. The van der Waals surface area contributed by atoms with Crippen LogP contribution in [0.25, 0.3) is 11.3 Å². The van der Waals surface area contributed by atoms with Crippen molar-refractivity contribution in [2.24, 2.45) is 0 Å². The van der Waals surface area contributed by atoms with E-state index in [1.165, 1.54) is 0 Å². The van der Waals surface area contributed by atoms with Gasteiger partial charge in [0.25, 0.3) is 0 Å². The molecule has 2 N–H and O–H groups in total. The Morgan fingerprint density at radius 3 is 2.92 bits per heavy atom. The van der Waals surface area contributed by atoms with Crippen LogP contribution in [0.1, 0.15) is 5.56 Å². The lowest BCUT2D eigenvalue weighted by Crippen LogP contribution is -1.91. The molecule has 2 aromatic rings. The van der Waals surface area contributed by atoms with Crippen LogP contribution in [0.4, 0.5) is 5.82 Å². The lowest BCUT2D eigenvalue weighted by atomic mass is 10.1. The van der Waals surface area contributed by atoms with Crippen molar-refractivity contribution in [2.75, 3.05) is 5.73 Å². The average Bonchev–Trinajstić information content (AvgIpc) is 2.56. The Balaban J connectivity index is 2.53. The Labute approximate surface area is 76.2 Å². The summed E-state index contributed by atoms with van der Waals surface area (Å²) < 4.78 is 5.26. The van der Waals surface area contributed by atoms with E-state index >= 15 is 0 Å². The molecule has 0 unspecified atom stereocenters. The van der Waals surface area contributed by atoms with Gasteiger partial charge in [0.05, 0.1) is 6.26 Å². The molecule has 0 saturated carbocycles. The molecular weight excluding hydrogens is 164 g/mol. The lowest BCUT2D eigenvalue weighted by Gasteiger charge is -2.01. The average molecular weight is 174 g/mol. The van der Waals surface area contributed by atoms with Gasteiger partial charge in [0.15, 0.2) is 0 Å². The maximum Gasteiger partial charge on any atom is 0.135 e. The van der Waals surface area contributed by atoms with Crippen molar-refractivity contribution >= 4 is 5.82 Å². The third-order valence-corrected chi connectivity index (χ3v) is 1.92. The summed E-state index contributed by atoms with van der Waals surface area (Å²) >= 11 is 0. The van der Waals surface area contributed by atoms with E-state index in [1.54, 1.807) is 12.5 Å².